The number of morpholine rings is 1. The minimum Gasteiger partial charge on any atom is -0.439 e. The largest absolute Gasteiger partial charge is 0.439 e. The molecule has 2 heterocycles. The lowest BCUT2D eigenvalue weighted by molar-refractivity contribution is -0.0235. The quantitative estimate of drug-likeness (QED) is 0.871. The fraction of sp³-hybridized carbons (Fsp3) is 0.400. The molecule has 4 nitrogen and oxygen atoms in total. The predicted octanol–water partition coefficient (Wildman–Crippen LogP) is 3.22. The van der Waals surface area contributed by atoms with Crippen LogP contribution in [0.5, 0.6) is 0 Å². The second kappa shape index (κ2) is 5.95. The molecule has 20 heavy (non-hydrogen) atoms. The molecule has 0 radical (unpaired) electrons. The number of nitrogens with zero attached hydrogens (tertiary/aromatic N) is 2. The highest BCUT2D eigenvalue weighted by Crippen LogP contribution is 2.24. The van der Waals surface area contributed by atoms with Gasteiger partial charge in [-0.3, -0.25) is 4.90 Å². The molecular weight excluding hydrogens is 276 g/mol. The van der Waals surface area contributed by atoms with E-state index in [1.165, 1.54) is 0 Å². The Hall–Kier alpha value is -1.36. The number of benzene rings is 1. The Kier molecular flexibility index (Phi) is 4.05. The van der Waals surface area contributed by atoms with Gasteiger partial charge in [-0.1, -0.05) is 23.7 Å². The van der Waals surface area contributed by atoms with Crippen LogP contribution >= 0.6 is 11.6 Å². The Balaban J connectivity index is 1.70. The first-order valence-electron chi connectivity index (χ1n) is 6.75. The van der Waals surface area contributed by atoms with Crippen molar-refractivity contribution in [2.75, 3.05) is 19.7 Å². The maximum Gasteiger partial charge on any atom is 0.209 e. The van der Waals surface area contributed by atoms with Crippen molar-refractivity contribution in [3.8, 4) is 11.3 Å². The summed E-state index contributed by atoms with van der Waals surface area (Å²) in [5, 5.41) is 0.697. The van der Waals surface area contributed by atoms with E-state index >= 15 is 0 Å². The van der Waals surface area contributed by atoms with Gasteiger partial charge in [-0.2, -0.15) is 0 Å². The van der Waals surface area contributed by atoms with E-state index in [4.69, 9.17) is 20.8 Å². The molecular formula is C15H17ClN2O2. The minimum absolute atomic E-state index is 0.270. The van der Waals surface area contributed by atoms with Crippen LogP contribution in [0.4, 0.5) is 0 Å². The lowest BCUT2D eigenvalue weighted by Crippen LogP contribution is -2.40. The first-order valence-corrected chi connectivity index (χ1v) is 7.13. The molecule has 5 heteroatoms. The van der Waals surface area contributed by atoms with Crippen LogP contribution in [-0.4, -0.2) is 35.7 Å². The van der Waals surface area contributed by atoms with Gasteiger partial charge in [0.2, 0.25) is 5.89 Å². The third-order valence-electron chi connectivity index (χ3n) is 3.35. The summed E-state index contributed by atoms with van der Waals surface area (Å²) in [5.41, 5.74) is 0.951. The topological polar surface area (TPSA) is 38.5 Å². The van der Waals surface area contributed by atoms with Gasteiger partial charge in [-0.25, -0.2) is 4.98 Å². The van der Waals surface area contributed by atoms with Crippen molar-refractivity contribution in [2.24, 2.45) is 0 Å². The summed E-state index contributed by atoms with van der Waals surface area (Å²) in [5.74, 6) is 1.48. The normalized spacial score (nSPS) is 20.2. The number of hydrogen-bond acceptors (Lipinski definition) is 4. The van der Waals surface area contributed by atoms with Gasteiger partial charge >= 0.3 is 0 Å². The molecule has 0 spiro atoms. The summed E-state index contributed by atoms with van der Waals surface area (Å²) < 4.78 is 11.3. The second-order valence-electron chi connectivity index (χ2n) is 5.05. The highest BCUT2D eigenvalue weighted by atomic mass is 35.5. The number of hydrogen-bond donors (Lipinski definition) is 0. The average molecular weight is 293 g/mol. The number of ether oxygens (including phenoxy) is 1. The fourth-order valence-electron chi connectivity index (χ4n) is 2.38. The van der Waals surface area contributed by atoms with Crippen molar-refractivity contribution in [1.29, 1.82) is 0 Å². The SMILES string of the molecule is CC1CN(Cc2ncc(-c3cccc(Cl)c3)o2)CCO1. The summed E-state index contributed by atoms with van der Waals surface area (Å²) in [6, 6.07) is 7.59. The molecule has 1 aliphatic heterocycles. The molecule has 1 aliphatic rings. The van der Waals surface area contributed by atoms with E-state index in [9.17, 15) is 0 Å². The Morgan fingerprint density at radius 3 is 3.15 bits per heavy atom. The zero-order chi connectivity index (χ0) is 13.9. The molecule has 1 saturated heterocycles. The standard InChI is InChI=1S/C15H17ClN2O2/c1-11-9-18(5-6-19-11)10-15-17-8-14(20-15)12-3-2-4-13(16)7-12/h2-4,7-8,11H,5-6,9-10H2,1H3. The molecule has 0 N–H and O–H groups in total. The first-order chi connectivity index (χ1) is 9.70. The van der Waals surface area contributed by atoms with Gasteiger partial charge in [-0.05, 0) is 19.1 Å². The predicted molar refractivity (Wildman–Crippen MR) is 77.6 cm³/mol. The summed E-state index contributed by atoms with van der Waals surface area (Å²) >= 11 is 5.99. The molecule has 0 saturated carbocycles. The third kappa shape index (κ3) is 3.20. The number of oxazole rings is 1. The second-order valence-corrected chi connectivity index (χ2v) is 5.48. The van der Waals surface area contributed by atoms with Crippen LogP contribution in [-0.2, 0) is 11.3 Å². The first kappa shape index (κ1) is 13.6. The fourth-order valence-corrected chi connectivity index (χ4v) is 2.57. The highest BCUT2D eigenvalue weighted by molar-refractivity contribution is 6.30. The molecule has 1 aromatic heterocycles. The van der Waals surface area contributed by atoms with E-state index < -0.39 is 0 Å². The third-order valence-corrected chi connectivity index (χ3v) is 3.58. The molecule has 0 bridgehead atoms. The highest BCUT2D eigenvalue weighted by Gasteiger charge is 2.18. The van der Waals surface area contributed by atoms with Crippen LogP contribution in [0.15, 0.2) is 34.9 Å². The number of rotatable bonds is 3. The van der Waals surface area contributed by atoms with Gasteiger partial charge in [0, 0.05) is 23.7 Å². The number of halogens is 1. The summed E-state index contributed by atoms with van der Waals surface area (Å²) in [6.07, 6.45) is 2.02. The zero-order valence-corrected chi connectivity index (χ0v) is 12.1. The van der Waals surface area contributed by atoms with Gasteiger partial charge < -0.3 is 9.15 Å². The summed E-state index contributed by atoms with van der Waals surface area (Å²) in [4.78, 5) is 6.64. The summed E-state index contributed by atoms with van der Waals surface area (Å²) in [6.45, 7) is 5.39. The van der Waals surface area contributed by atoms with Crippen molar-refractivity contribution in [2.45, 2.75) is 19.6 Å². The van der Waals surface area contributed by atoms with Crippen molar-refractivity contribution in [3.63, 3.8) is 0 Å². The average Bonchev–Trinajstić information content (AvgIpc) is 2.87. The van der Waals surface area contributed by atoms with E-state index in [0.717, 1.165) is 36.9 Å². The van der Waals surface area contributed by atoms with Crippen molar-refractivity contribution in [3.05, 3.63) is 41.4 Å². The lowest BCUT2D eigenvalue weighted by atomic mass is 10.2. The lowest BCUT2D eigenvalue weighted by Gasteiger charge is -2.29. The molecule has 1 atom stereocenters. The van der Waals surface area contributed by atoms with Crippen LogP contribution in [0, 0.1) is 0 Å². The monoisotopic (exact) mass is 292 g/mol. The summed E-state index contributed by atoms with van der Waals surface area (Å²) in [7, 11) is 0. The van der Waals surface area contributed by atoms with Crippen molar-refractivity contribution in [1.82, 2.24) is 9.88 Å². The molecule has 2 aromatic rings. The molecule has 1 unspecified atom stereocenters. The van der Waals surface area contributed by atoms with Crippen LogP contribution in [0.3, 0.4) is 0 Å². The molecule has 3 rings (SSSR count). The molecule has 0 amide bonds. The minimum atomic E-state index is 0.270. The van der Waals surface area contributed by atoms with Crippen molar-refractivity contribution < 1.29 is 9.15 Å². The number of aromatic nitrogens is 1. The molecule has 1 aromatic carbocycles. The maximum atomic E-state index is 5.99. The Labute approximate surface area is 123 Å². The Morgan fingerprint density at radius 1 is 1.45 bits per heavy atom. The van der Waals surface area contributed by atoms with Crippen LogP contribution in [0.2, 0.25) is 5.02 Å². The van der Waals surface area contributed by atoms with Gasteiger partial charge in [-0.15, -0.1) is 0 Å². The van der Waals surface area contributed by atoms with E-state index in [2.05, 4.69) is 16.8 Å². The smallest absolute Gasteiger partial charge is 0.209 e. The maximum absolute atomic E-state index is 5.99. The molecule has 106 valence electrons. The zero-order valence-electron chi connectivity index (χ0n) is 11.4. The van der Waals surface area contributed by atoms with Gasteiger partial charge in [0.15, 0.2) is 5.76 Å². The van der Waals surface area contributed by atoms with Gasteiger partial charge in [0.25, 0.3) is 0 Å². The van der Waals surface area contributed by atoms with E-state index in [1.807, 2.05) is 24.3 Å². The molecule has 0 aliphatic carbocycles. The Bertz CT molecular complexity index is 585. The van der Waals surface area contributed by atoms with Gasteiger partial charge in [0.1, 0.15) is 0 Å². The van der Waals surface area contributed by atoms with Crippen LogP contribution in [0.25, 0.3) is 11.3 Å². The Morgan fingerprint density at radius 2 is 2.35 bits per heavy atom. The van der Waals surface area contributed by atoms with Crippen molar-refractivity contribution >= 4 is 11.6 Å². The van der Waals surface area contributed by atoms with E-state index in [0.29, 0.717) is 11.6 Å². The van der Waals surface area contributed by atoms with E-state index in [1.54, 1.807) is 6.20 Å². The van der Waals surface area contributed by atoms with E-state index in [-0.39, 0.29) is 6.10 Å². The molecule has 1 fully saturated rings. The van der Waals surface area contributed by atoms with Crippen LogP contribution in [0.1, 0.15) is 12.8 Å². The van der Waals surface area contributed by atoms with Crippen LogP contribution < -0.4 is 0 Å². The van der Waals surface area contributed by atoms with Gasteiger partial charge in [0.05, 0.1) is 25.5 Å².